The Kier molecular flexibility index (Phi) is 3.24. The van der Waals surface area contributed by atoms with Crippen molar-refractivity contribution < 1.29 is 0 Å². The molecule has 0 amide bonds. The molecule has 2 aromatic rings. The van der Waals surface area contributed by atoms with Gasteiger partial charge < -0.3 is 5.21 Å². The quantitative estimate of drug-likeness (QED) is 0.555. The first-order valence-electron chi connectivity index (χ1n) is 6.17. The number of quaternary nitrogens is 1. The van der Waals surface area contributed by atoms with E-state index in [1.807, 2.05) is 81.4 Å². The van der Waals surface area contributed by atoms with Crippen molar-refractivity contribution in [2.24, 2.45) is 0 Å². The second kappa shape index (κ2) is 4.56. The van der Waals surface area contributed by atoms with E-state index in [-0.39, 0.29) is 0 Å². The average Bonchev–Trinajstić information content (AvgIpc) is 2.38. The molecular weight excluding hydrogens is 222 g/mol. The molecule has 2 aromatic carbocycles. The molecule has 2 heteroatoms. The van der Waals surface area contributed by atoms with Crippen LogP contribution in [0.2, 0.25) is 0 Å². The summed E-state index contributed by atoms with van der Waals surface area (Å²) in [6.07, 6.45) is 0. The summed E-state index contributed by atoms with van der Waals surface area (Å²) in [5.41, 5.74) is 1.07. The molecule has 0 spiro atoms. The first-order chi connectivity index (χ1) is 8.46. The van der Waals surface area contributed by atoms with Crippen LogP contribution in [0.25, 0.3) is 0 Å². The summed E-state index contributed by atoms with van der Waals surface area (Å²) in [6, 6.07) is 19.1. The van der Waals surface area contributed by atoms with Gasteiger partial charge in [-0.2, -0.15) is 0 Å². The van der Waals surface area contributed by atoms with E-state index in [0.29, 0.717) is 0 Å². The van der Waals surface area contributed by atoms with E-state index in [0.717, 1.165) is 11.4 Å². The van der Waals surface area contributed by atoms with Crippen LogP contribution in [0.3, 0.4) is 0 Å². The number of hydrogen-bond donors (Lipinski definition) is 0. The normalized spacial score (nSPS) is 12.4. The molecule has 0 heterocycles. The van der Waals surface area contributed by atoms with Crippen molar-refractivity contribution in [3.8, 4) is 0 Å². The van der Waals surface area contributed by atoms with Gasteiger partial charge in [0.25, 0.3) is 0 Å². The molecule has 0 saturated heterocycles. The summed E-state index contributed by atoms with van der Waals surface area (Å²) in [7, 11) is 0. The molecule has 0 saturated carbocycles. The van der Waals surface area contributed by atoms with Crippen molar-refractivity contribution in [2.45, 2.75) is 26.3 Å². The van der Waals surface area contributed by atoms with Crippen LogP contribution < -0.4 is 4.65 Å². The molecule has 94 valence electrons. The van der Waals surface area contributed by atoms with Crippen LogP contribution >= 0.6 is 0 Å². The van der Waals surface area contributed by atoms with Gasteiger partial charge in [0.2, 0.25) is 0 Å². The van der Waals surface area contributed by atoms with Crippen molar-refractivity contribution >= 4 is 11.4 Å². The van der Waals surface area contributed by atoms with Gasteiger partial charge in [-0.15, -0.1) is 0 Å². The van der Waals surface area contributed by atoms with Gasteiger partial charge in [-0.1, -0.05) is 36.4 Å². The number of para-hydroxylation sites is 2. The zero-order chi connectivity index (χ0) is 13.2. The molecule has 2 nitrogen and oxygen atoms in total. The number of nitrogens with zero attached hydrogens (tertiary/aromatic N) is 1. The van der Waals surface area contributed by atoms with Gasteiger partial charge in [-0.25, -0.2) is 0 Å². The first-order valence-corrected chi connectivity index (χ1v) is 6.17. The Morgan fingerprint density at radius 1 is 0.722 bits per heavy atom. The molecule has 0 aliphatic carbocycles. The lowest BCUT2D eigenvalue weighted by molar-refractivity contribution is 0.288. The van der Waals surface area contributed by atoms with Gasteiger partial charge in [0.05, 0.1) is 5.54 Å². The lowest BCUT2D eigenvalue weighted by Crippen LogP contribution is -2.53. The van der Waals surface area contributed by atoms with Crippen molar-refractivity contribution in [3.05, 3.63) is 65.9 Å². The van der Waals surface area contributed by atoms with Crippen molar-refractivity contribution in [3.63, 3.8) is 0 Å². The minimum absolute atomic E-state index is 0.450. The van der Waals surface area contributed by atoms with Crippen LogP contribution in [0.5, 0.6) is 0 Å². The molecule has 0 bridgehead atoms. The maximum absolute atomic E-state index is 13.5. The summed E-state index contributed by atoms with van der Waals surface area (Å²) < 4.78 is -0.450. The second-order valence-corrected chi connectivity index (χ2v) is 5.45. The molecule has 18 heavy (non-hydrogen) atoms. The van der Waals surface area contributed by atoms with E-state index >= 15 is 0 Å². The Bertz CT molecular complexity index is 460. The topological polar surface area (TPSA) is 23.1 Å². The number of hydrogen-bond acceptors (Lipinski definition) is 1. The van der Waals surface area contributed by atoms with E-state index in [2.05, 4.69) is 0 Å². The van der Waals surface area contributed by atoms with Crippen LogP contribution in [0.1, 0.15) is 20.8 Å². The van der Waals surface area contributed by atoms with Gasteiger partial charge in [0.15, 0.2) is 0 Å². The average molecular weight is 241 g/mol. The molecule has 2 rings (SSSR count). The fourth-order valence-electron chi connectivity index (χ4n) is 2.20. The Morgan fingerprint density at radius 2 is 1.06 bits per heavy atom. The Labute approximate surface area is 109 Å². The first kappa shape index (κ1) is 12.8. The Morgan fingerprint density at radius 3 is 1.33 bits per heavy atom. The van der Waals surface area contributed by atoms with E-state index in [1.54, 1.807) is 0 Å². The molecule has 0 fully saturated rings. The maximum Gasteiger partial charge on any atom is 0.138 e. The number of hydroxylamine groups is 1. The molecule has 0 radical (unpaired) electrons. The van der Waals surface area contributed by atoms with Crippen LogP contribution in [-0.2, 0) is 0 Å². The van der Waals surface area contributed by atoms with Crippen LogP contribution in [-0.4, -0.2) is 5.54 Å². The summed E-state index contributed by atoms with van der Waals surface area (Å²) >= 11 is 0. The van der Waals surface area contributed by atoms with Gasteiger partial charge in [0.1, 0.15) is 11.4 Å². The monoisotopic (exact) mass is 241 g/mol. The zero-order valence-electron chi connectivity index (χ0n) is 11.1. The van der Waals surface area contributed by atoms with E-state index in [1.165, 1.54) is 0 Å². The highest BCUT2D eigenvalue weighted by Gasteiger charge is 2.36. The summed E-state index contributed by atoms with van der Waals surface area (Å²) in [5, 5.41) is 13.5. The summed E-state index contributed by atoms with van der Waals surface area (Å²) in [6.45, 7) is 5.92. The van der Waals surface area contributed by atoms with Gasteiger partial charge >= 0.3 is 0 Å². The standard InChI is InChI=1S/C16H19NO/c1-16(2,3)17(18,14-10-6-4-7-11-14)15-12-8-5-9-13-15/h4-13H,1-3H3. The van der Waals surface area contributed by atoms with Crippen LogP contribution in [0.15, 0.2) is 60.7 Å². The number of rotatable bonds is 2. The largest absolute Gasteiger partial charge is 0.621 e. The summed E-state index contributed by atoms with van der Waals surface area (Å²) in [5.74, 6) is 0. The van der Waals surface area contributed by atoms with Crippen molar-refractivity contribution in [1.82, 2.24) is 4.65 Å². The highest BCUT2D eigenvalue weighted by Crippen LogP contribution is 2.40. The predicted molar refractivity (Wildman–Crippen MR) is 77.5 cm³/mol. The molecule has 0 atom stereocenters. The number of benzene rings is 2. The van der Waals surface area contributed by atoms with E-state index < -0.39 is 10.2 Å². The maximum atomic E-state index is 13.5. The lowest BCUT2D eigenvalue weighted by Gasteiger charge is -2.51. The molecular formula is C16H19NO. The van der Waals surface area contributed by atoms with Gasteiger partial charge in [-0.3, -0.25) is 4.65 Å². The summed E-state index contributed by atoms with van der Waals surface area (Å²) in [4.78, 5) is 0. The fourth-order valence-corrected chi connectivity index (χ4v) is 2.20. The van der Waals surface area contributed by atoms with Crippen molar-refractivity contribution in [2.75, 3.05) is 0 Å². The third-order valence-corrected chi connectivity index (χ3v) is 3.18. The molecule has 0 aliphatic rings. The van der Waals surface area contributed by atoms with Crippen LogP contribution in [0, 0.1) is 5.21 Å². The molecule has 0 N–H and O–H groups in total. The zero-order valence-corrected chi connectivity index (χ0v) is 11.1. The SMILES string of the molecule is CC(C)(C)[N+]([O-])(c1ccccc1)c1ccccc1. The highest BCUT2D eigenvalue weighted by molar-refractivity contribution is 5.60. The second-order valence-electron chi connectivity index (χ2n) is 5.45. The molecule has 0 aliphatic heterocycles. The third-order valence-electron chi connectivity index (χ3n) is 3.18. The van der Waals surface area contributed by atoms with Crippen molar-refractivity contribution in [1.29, 1.82) is 0 Å². The van der Waals surface area contributed by atoms with Gasteiger partial charge in [-0.05, 0) is 45.0 Å². The fraction of sp³-hybridized carbons (Fsp3) is 0.250. The minimum Gasteiger partial charge on any atom is -0.621 e. The van der Waals surface area contributed by atoms with Crippen LogP contribution in [0.4, 0.5) is 11.4 Å². The Balaban J connectivity index is 2.63. The van der Waals surface area contributed by atoms with E-state index in [4.69, 9.17) is 0 Å². The predicted octanol–water partition coefficient (Wildman–Crippen LogP) is 4.62. The Hall–Kier alpha value is -1.64. The van der Waals surface area contributed by atoms with E-state index in [9.17, 15) is 5.21 Å². The highest BCUT2D eigenvalue weighted by atomic mass is 16.6. The third kappa shape index (κ3) is 2.05. The lowest BCUT2D eigenvalue weighted by atomic mass is 10.0. The molecule has 0 unspecified atom stereocenters. The van der Waals surface area contributed by atoms with Gasteiger partial charge in [0, 0.05) is 0 Å². The molecule has 0 aromatic heterocycles. The minimum atomic E-state index is -0.456. The smallest absolute Gasteiger partial charge is 0.138 e.